The summed E-state index contributed by atoms with van der Waals surface area (Å²) < 4.78 is 24.7. The number of halogens is 1. The van der Waals surface area contributed by atoms with Crippen LogP contribution in [0.5, 0.6) is 0 Å². The predicted molar refractivity (Wildman–Crippen MR) is 83.4 cm³/mol. The van der Waals surface area contributed by atoms with E-state index in [9.17, 15) is 8.42 Å². The van der Waals surface area contributed by atoms with Gasteiger partial charge in [0.15, 0.2) is 4.91 Å². The van der Waals surface area contributed by atoms with Gasteiger partial charge in [-0.1, -0.05) is 17.7 Å². The fourth-order valence-electron chi connectivity index (χ4n) is 1.66. The standard InChI is InChI=1S/C15H12ClN3O2S/c16-12-4-6-14(7-5-12)22(20,21)15(9-17)11-18-10-13-3-1-2-8-19-13/h1-8,11,18H,10H2/b15-11+. The van der Waals surface area contributed by atoms with Crippen LogP contribution < -0.4 is 5.32 Å². The first kappa shape index (κ1) is 16.0. The summed E-state index contributed by atoms with van der Waals surface area (Å²) in [6.45, 7) is 0.322. The highest BCUT2D eigenvalue weighted by atomic mass is 35.5. The van der Waals surface area contributed by atoms with Crippen molar-refractivity contribution in [3.05, 3.63) is 70.5 Å². The third-order valence-electron chi connectivity index (χ3n) is 2.77. The Labute approximate surface area is 133 Å². The minimum Gasteiger partial charge on any atom is -0.384 e. The van der Waals surface area contributed by atoms with Crippen LogP contribution in [0.25, 0.3) is 0 Å². The number of nitriles is 1. The number of sulfone groups is 1. The van der Waals surface area contributed by atoms with E-state index in [0.717, 1.165) is 5.69 Å². The third-order valence-corrected chi connectivity index (χ3v) is 4.70. The Morgan fingerprint density at radius 3 is 2.59 bits per heavy atom. The van der Waals surface area contributed by atoms with Crippen LogP contribution in [0, 0.1) is 11.3 Å². The highest BCUT2D eigenvalue weighted by Crippen LogP contribution is 2.20. The van der Waals surface area contributed by atoms with Gasteiger partial charge in [-0.25, -0.2) is 8.42 Å². The van der Waals surface area contributed by atoms with Crippen molar-refractivity contribution in [1.82, 2.24) is 10.3 Å². The summed E-state index contributed by atoms with van der Waals surface area (Å²) in [6.07, 6.45) is 2.81. The third kappa shape index (κ3) is 3.85. The number of aromatic nitrogens is 1. The molecule has 0 unspecified atom stereocenters. The lowest BCUT2D eigenvalue weighted by atomic mass is 10.3. The second-order valence-electron chi connectivity index (χ2n) is 4.28. The van der Waals surface area contributed by atoms with Gasteiger partial charge in [0, 0.05) is 17.4 Å². The summed E-state index contributed by atoms with van der Waals surface area (Å²) in [7, 11) is -3.86. The van der Waals surface area contributed by atoms with Crippen molar-refractivity contribution in [3.8, 4) is 6.07 Å². The fraction of sp³-hybridized carbons (Fsp3) is 0.0667. The summed E-state index contributed by atoms with van der Waals surface area (Å²) in [5.41, 5.74) is 0.736. The lowest BCUT2D eigenvalue weighted by molar-refractivity contribution is 0.602. The van der Waals surface area contributed by atoms with Gasteiger partial charge in [0.05, 0.1) is 17.1 Å². The van der Waals surface area contributed by atoms with Crippen LogP contribution in [0.15, 0.2) is 64.7 Å². The molecule has 0 aliphatic heterocycles. The molecule has 0 spiro atoms. The molecule has 0 aliphatic carbocycles. The average molecular weight is 334 g/mol. The number of benzene rings is 1. The molecule has 112 valence electrons. The van der Waals surface area contributed by atoms with Crippen molar-refractivity contribution in [3.63, 3.8) is 0 Å². The van der Waals surface area contributed by atoms with Crippen LogP contribution in [0.1, 0.15) is 5.69 Å². The Morgan fingerprint density at radius 2 is 2.00 bits per heavy atom. The minimum atomic E-state index is -3.86. The molecule has 0 saturated carbocycles. The van der Waals surface area contributed by atoms with Crippen LogP contribution in [0.2, 0.25) is 5.02 Å². The molecule has 0 aliphatic rings. The van der Waals surface area contributed by atoms with E-state index in [1.165, 1.54) is 30.5 Å². The second kappa shape index (κ2) is 7.07. The number of hydrogen-bond acceptors (Lipinski definition) is 5. The molecule has 2 aromatic rings. The van der Waals surface area contributed by atoms with Gasteiger partial charge >= 0.3 is 0 Å². The van der Waals surface area contributed by atoms with Crippen molar-refractivity contribution in [2.24, 2.45) is 0 Å². The number of allylic oxidation sites excluding steroid dienone is 1. The number of nitrogens with one attached hydrogen (secondary N) is 1. The molecule has 0 fully saturated rings. The van der Waals surface area contributed by atoms with E-state index in [0.29, 0.717) is 11.6 Å². The number of rotatable bonds is 5. The fourth-order valence-corrected chi connectivity index (χ4v) is 2.89. The van der Waals surface area contributed by atoms with Crippen molar-refractivity contribution in [2.75, 3.05) is 0 Å². The van der Waals surface area contributed by atoms with Crippen LogP contribution in [0.4, 0.5) is 0 Å². The average Bonchev–Trinajstić information content (AvgIpc) is 2.53. The van der Waals surface area contributed by atoms with Crippen molar-refractivity contribution < 1.29 is 8.42 Å². The molecule has 1 aromatic heterocycles. The van der Waals surface area contributed by atoms with E-state index in [1.807, 2.05) is 6.07 Å². The van der Waals surface area contributed by atoms with Gasteiger partial charge in [-0.2, -0.15) is 5.26 Å². The van der Waals surface area contributed by atoms with Gasteiger partial charge in [0.25, 0.3) is 0 Å². The topological polar surface area (TPSA) is 82.8 Å². The second-order valence-corrected chi connectivity index (χ2v) is 6.63. The van der Waals surface area contributed by atoms with Crippen LogP contribution in [-0.2, 0) is 16.4 Å². The lowest BCUT2D eigenvalue weighted by Crippen LogP contribution is -2.11. The first-order chi connectivity index (χ1) is 10.5. The zero-order chi connectivity index (χ0) is 16.0. The molecular weight excluding hydrogens is 322 g/mol. The Hall–Kier alpha value is -2.36. The molecule has 0 bridgehead atoms. The van der Waals surface area contributed by atoms with Gasteiger partial charge in [0.1, 0.15) is 6.07 Å². The largest absolute Gasteiger partial charge is 0.384 e. The molecule has 5 nitrogen and oxygen atoms in total. The molecular formula is C15H12ClN3O2S. The van der Waals surface area contributed by atoms with Crippen molar-refractivity contribution in [2.45, 2.75) is 11.4 Å². The Morgan fingerprint density at radius 1 is 1.27 bits per heavy atom. The van der Waals surface area contributed by atoms with E-state index >= 15 is 0 Å². The zero-order valence-corrected chi connectivity index (χ0v) is 13.0. The lowest BCUT2D eigenvalue weighted by Gasteiger charge is -2.04. The summed E-state index contributed by atoms with van der Waals surface area (Å²) in [6, 6.07) is 12.7. The molecule has 22 heavy (non-hydrogen) atoms. The first-order valence-corrected chi connectivity index (χ1v) is 8.14. The molecule has 7 heteroatoms. The van der Waals surface area contributed by atoms with Gasteiger partial charge in [-0.05, 0) is 36.4 Å². The van der Waals surface area contributed by atoms with E-state index in [-0.39, 0.29) is 9.80 Å². The molecule has 1 heterocycles. The SMILES string of the molecule is N#C/C(=C\NCc1ccccn1)S(=O)(=O)c1ccc(Cl)cc1. The summed E-state index contributed by atoms with van der Waals surface area (Å²) in [4.78, 5) is 3.74. The van der Waals surface area contributed by atoms with Crippen molar-refractivity contribution >= 4 is 21.4 Å². The monoisotopic (exact) mass is 333 g/mol. The summed E-state index contributed by atoms with van der Waals surface area (Å²) in [5.74, 6) is 0. The molecule has 0 saturated heterocycles. The summed E-state index contributed by atoms with van der Waals surface area (Å²) in [5, 5.41) is 12.3. The van der Waals surface area contributed by atoms with E-state index in [2.05, 4.69) is 10.3 Å². The quantitative estimate of drug-likeness (QED) is 0.850. The molecule has 0 radical (unpaired) electrons. The maximum atomic E-state index is 12.3. The van der Waals surface area contributed by atoms with Crippen LogP contribution in [0.3, 0.4) is 0 Å². The maximum Gasteiger partial charge on any atom is 0.218 e. The Balaban J connectivity index is 2.18. The smallest absolute Gasteiger partial charge is 0.218 e. The first-order valence-electron chi connectivity index (χ1n) is 6.28. The van der Waals surface area contributed by atoms with Gasteiger partial charge < -0.3 is 5.32 Å². The van der Waals surface area contributed by atoms with Crippen molar-refractivity contribution in [1.29, 1.82) is 5.26 Å². The number of nitrogens with zero attached hydrogens (tertiary/aromatic N) is 2. The molecule has 1 aromatic carbocycles. The van der Waals surface area contributed by atoms with Crippen LogP contribution >= 0.6 is 11.6 Å². The highest BCUT2D eigenvalue weighted by Gasteiger charge is 2.20. The van der Waals surface area contributed by atoms with E-state index in [4.69, 9.17) is 16.9 Å². The Kier molecular flexibility index (Phi) is 5.15. The highest BCUT2D eigenvalue weighted by molar-refractivity contribution is 7.95. The Bertz CT molecular complexity index is 810. The van der Waals surface area contributed by atoms with Gasteiger partial charge in [0.2, 0.25) is 9.84 Å². The zero-order valence-electron chi connectivity index (χ0n) is 11.4. The predicted octanol–water partition coefficient (Wildman–Crippen LogP) is 2.66. The maximum absolute atomic E-state index is 12.3. The molecule has 0 atom stereocenters. The minimum absolute atomic E-state index is 0.0179. The number of pyridine rings is 1. The molecule has 1 N–H and O–H groups in total. The van der Waals surface area contributed by atoms with E-state index < -0.39 is 9.84 Å². The van der Waals surface area contributed by atoms with Gasteiger partial charge in [-0.3, -0.25) is 4.98 Å². The normalized spacial score (nSPS) is 11.7. The van der Waals surface area contributed by atoms with Crippen LogP contribution in [-0.4, -0.2) is 13.4 Å². The van der Waals surface area contributed by atoms with E-state index in [1.54, 1.807) is 24.4 Å². The van der Waals surface area contributed by atoms with Gasteiger partial charge in [-0.15, -0.1) is 0 Å². The molecule has 0 amide bonds. The number of hydrogen-bond donors (Lipinski definition) is 1. The summed E-state index contributed by atoms with van der Waals surface area (Å²) >= 11 is 5.73. The molecule has 2 rings (SSSR count).